The zero-order chi connectivity index (χ0) is 18.2. The topological polar surface area (TPSA) is 98.3 Å². The molecular formula is C19H20N6O. The molecule has 132 valence electrons. The summed E-state index contributed by atoms with van der Waals surface area (Å²) in [5.41, 5.74) is 8.83. The molecule has 0 amide bonds. The Labute approximate surface area is 152 Å². The van der Waals surface area contributed by atoms with Gasteiger partial charge >= 0.3 is 0 Å². The summed E-state index contributed by atoms with van der Waals surface area (Å²) in [6, 6.07) is 17.6. The van der Waals surface area contributed by atoms with Crippen LogP contribution in [0.5, 0.6) is 0 Å². The summed E-state index contributed by atoms with van der Waals surface area (Å²) in [4.78, 5) is 17.8. The number of hydrogen-bond donors (Lipinski definition) is 2. The summed E-state index contributed by atoms with van der Waals surface area (Å²) in [5.74, 6) is 0.908. The van der Waals surface area contributed by atoms with Gasteiger partial charge < -0.3 is 15.9 Å². The molecule has 0 aliphatic rings. The molecule has 2 aromatic carbocycles. The van der Waals surface area contributed by atoms with Crippen molar-refractivity contribution < 1.29 is 4.84 Å². The first-order valence-electron chi connectivity index (χ1n) is 8.30. The van der Waals surface area contributed by atoms with Gasteiger partial charge in [0.1, 0.15) is 0 Å². The number of benzene rings is 2. The second-order valence-electron chi connectivity index (χ2n) is 5.49. The van der Waals surface area contributed by atoms with E-state index in [0.717, 1.165) is 23.2 Å². The summed E-state index contributed by atoms with van der Waals surface area (Å²) in [7, 11) is 0. The quantitative estimate of drug-likeness (QED) is 0.502. The average Bonchev–Trinajstić information content (AvgIpc) is 2.66. The normalized spacial score (nSPS) is 10.8. The van der Waals surface area contributed by atoms with Crippen molar-refractivity contribution in [3.05, 3.63) is 71.5 Å². The number of nitrogen functional groups attached to an aromatic ring is 1. The van der Waals surface area contributed by atoms with E-state index < -0.39 is 0 Å². The number of hydrogen-bond acceptors (Lipinski definition) is 7. The van der Waals surface area contributed by atoms with E-state index in [-0.39, 0.29) is 12.6 Å². The monoisotopic (exact) mass is 348 g/mol. The molecule has 0 saturated carbocycles. The third kappa shape index (κ3) is 4.76. The average molecular weight is 348 g/mol. The molecule has 26 heavy (non-hydrogen) atoms. The summed E-state index contributed by atoms with van der Waals surface area (Å²) in [6.07, 6.45) is 2.52. The van der Waals surface area contributed by atoms with Crippen molar-refractivity contribution in [3.63, 3.8) is 0 Å². The number of para-hydroxylation sites is 1. The number of nitrogens with zero attached hydrogens (tertiary/aromatic N) is 4. The minimum absolute atomic E-state index is 0.0974. The number of aromatic nitrogens is 3. The standard InChI is InChI=1S/C19H20N6O/c1-2-15-10-6-7-11-16(15)22-19-24-17(23-18(20)25-19)13-26-21-12-14-8-4-3-5-9-14/h3-12H,2,13H2,1H3,(H3,20,22,23,24,25)/b21-12+. The largest absolute Gasteiger partial charge is 0.388 e. The first kappa shape index (κ1) is 17.3. The van der Waals surface area contributed by atoms with Crippen LogP contribution in [0.15, 0.2) is 59.8 Å². The van der Waals surface area contributed by atoms with Crippen LogP contribution >= 0.6 is 0 Å². The number of rotatable bonds is 7. The second-order valence-corrected chi connectivity index (χ2v) is 5.49. The smallest absolute Gasteiger partial charge is 0.232 e. The van der Waals surface area contributed by atoms with Crippen LogP contribution < -0.4 is 11.1 Å². The Balaban J connectivity index is 1.66. The van der Waals surface area contributed by atoms with Gasteiger partial charge in [0.15, 0.2) is 12.4 Å². The molecule has 0 fully saturated rings. The van der Waals surface area contributed by atoms with Crippen molar-refractivity contribution >= 4 is 23.8 Å². The van der Waals surface area contributed by atoms with E-state index in [0.29, 0.717) is 11.8 Å². The van der Waals surface area contributed by atoms with Gasteiger partial charge in [-0.15, -0.1) is 0 Å². The molecule has 0 saturated heterocycles. The van der Waals surface area contributed by atoms with Gasteiger partial charge in [-0.1, -0.05) is 60.6 Å². The first-order chi connectivity index (χ1) is 12.7. The van der Waals surface area contributed by atoms with E-state index in [1.54, 1.807) is 6.21 Å². The first-order valence-corrected chi connectivity index (χ1v) is 8.30. The van der Waals surface area contributed by atoms with Crippen LogP contribution in [0.1, 0.15) is 23.9 Å². The second kappa shape index (κ2) is 8.57. The maximum Gasteiger partial charge on any atom is 0.232 e. The van der Waals surface area contributed by atoms with Crippen LogP contribution in [0.4, 0.5) is 17.6 Å². The van der Waals surface area contributed by atoms with Crippen LogP contribution in [0.3, 0.4) is 0 Å². The van der Waals surface area contributed by atoms with E-state index in [9.17, 15) is 0 Å². The lowest BCUT2D eigenvalue weighted by Gasteiger charge is -2.10. The van der Waals surface area contributed by atoms with E-state index in [1.807, 2.05) is 48.5 Å². The highest BCUT2D eigenvalue weighted by Gasteiger charge is 2.07. The number of oxime groups is 1. The zero-order valence-electron chi connectivity index (χ0n) is 14.5. The Morgan fingerprint density at radius 1 is 1.04 bits per heavy atom. The molecule has 3 aromatic rings. The lowest BCUT2D eigenvalue weighted by atomic mass is 10.1. The summed E-state index contributed by atoms with van der Waals surface area (Å²) < 4.78 is 0. The third-order valence-corrected chi connectivity index (χ3v) is 3.61. The lowest BCUT2D eigenvalue weighted by molar-refractivity contribution is 0.126. The Morgan fingerprint density at radius 3 is 2.62 bits per heavy atom. The molecule has 0 bridgehead atoms. The third-order valence-electron chi connectivity index (χ3n) is 3.61. The minimum atomic E-state index is 0.0974. The Morgan fingerprint density at radius 2 is 1.81 bits per heavy atom. The highest BCUT2D eigenvalue weighted by molar-refractivity contribution is 5.78. The van der Waals surface area contributed by atoms with E-state index >= 15 is 0 Å². The fourth-order valence-corrected chi connectivity index (χ4v) is 2.36. The molecule has 0 spiro atoms. The van der Waals surface area contributed by atoms with Crippen molar-refractivity contribution in [2.24, 2.45) is 5.16 Å². The Bertz CT molecular complexity index is 882. The van der Waals surface area contributed by atoms with E-state index in [4.69, 9.17) is 10.6 Å². The number of aryl methyl sites for hydroxylation is 1. The molecule has 0 radical (unpaired) electrons. The Hall–Kier alpha value is -3.48. The molecule has 1 aromatic heterocycles. The number of nitrogens with two attached hydrogens (primary N) is 1. The molecule has 0 unspecified atom stereocenters. The lowest BCUT2D eigenvalue weighted by Crippen LogP contribution is -2.08. The summed E-state index contributed by atoms with van der Waals surface area (Å²) >= 11 is 0. The van der Waals surface area contributed by atoms with Crippen molar-refractivity contribution in [2.45, 2.75) is 20.0 Å². The van der Waals surface area contributed by atoms with Gasteiger partial charge in [0, 0.05) is 5.69 Å². The van der Waals surface area contributed by atoms with E-state index in [2.05, 4.69) is 38.4 Å². The summed E-state index contributed by atoms with van der Waals surface area (Å²) in [6.45, 7) is 2.19. The molecule has 0 atom stereocenters. The molecule has 3 rings (SSSR count). The maximum absolute atomic E-state index is 5.78. The van der Waals surface area contributed by atoms with Gasteiger partial charge in [0.2, 0.25) is 11.9 Å². The van der Waals surface area contributed by atoms with Crippen LogP contribution in [0.2, 0.25) is 0 Å². The highest BCUT2D eigenvalue weighted by Crippen LogP contribution is 2.19. The SMILES string of the molecule is CCc1ccccc1Nc1nc(N)nc(CO/N=C/c2ccccc2)n1. The van der Waals surface area contributed by atoms with E-state index in [1.165, 1.54) is 0 Å². The minimum Gasteiger partial charge on any atom is -0.388 e. The van der Waals surface area contributed by atoms with Crippen molar-refractivity contribution in [3.8, 4) is 0 Å². The summed E-state index contributed by atoms with van der Waals surface area (Å²) in [5, 5.41) is 7.11. The predicted molar refractivity (Wildman–Crippen MR) is 102 cm³/mol. The van der Waals surface area contributed by atoms with Gasteiger partial charge in [0.25, 0.3) is 0 Å². The van der Waals surface area contributed by atoms with Crippen LogP contribution in [0.25, 0.3) is 0 Å². The van der Waals surface area contributed by atoms with Crippen LogP contribution in [0, 0.1) is 0 Å². The molecule has 7 nitrogen and oxygen atoms in total. The maximum atomic E-state index is 5.78. The highest BCUT2D eigenvalue weighted by atomic mass is 16.6. The van der Waals surface area contributed by atoms with Crippen molar-refractivity contribution in [1.29, 1.82) is 0 Å². The Kier molecular flexibility index (Phi) is 5.72. The molecule has 0 aliphatic heterocycles. The molecular weight excluding hydrogens is 328 g/mol. The van der Waals surface area contributed by atoms with Gasteiger partial charge in [-0.05, 0) is 23.6 Å². The van der Waals surface area contributed by atoms with Crippen LogP contribution in [-0.2, 0) is 17.9 Å². The molecule has 7 heteroatoms. The number of anilines is 3. The fourth-order valence-electron chi connectivity index (χ4n) is 2.36. The molecule has 3 N–H and O–H groups in total. The molecule has 1 heterocycles. The fraction of sp³-hybridized carbons (Fsp3) is 0.158. The zero-order valence-corrected chi connectivity index (χ0v) is 14.5. The van der Waals surface area contributed by atoms with Crippen molar-refractivity contribution in [1.82, 2.24) is 15.0 Å². The predicted octanol–water partition coefficient (Wildman–Crippen LogP) is 3.31. The van der Waals surface area contributed by atoms with Gasteiger partial charge in [-0.25, -0.2) is 0 Å². The van der Waals surface area contributed by atoms with Gasteiger partial charge in [0.05, 0.1) is 6.21 Å². The van der Waals surface area contributed by atoms with Gasteiger partial charge in [-0.2, -0.15) is 15.0 Å². The van der Waals surface area contributed by atoms with Crippen molar-refractivity contribution in [2.75, 3.05) is 11.1 Å². The van der Waals surface area contributed by atoms with Gasteiger partial charge in [-0.3, -0.25) is 0 Å². The number of nitrogens with one attached hydrogen (secondary N) is 1. The molecule has 0 aliphatic carbocycles. The van der Waals surface area contributed by atoms with Crippen LogP contribution in [-0.4, -0.2) is 21.2 Å².